The van der Waals surface area contributed by atoms with Gasteiger partial charge in [0.1, 0.15) is 5.75 Å². The molecular weight excluding hydrogens is 676 g/mol. The van der Waals surface area contributed by atoms with Crippen molar-refractivity contribution in [1.29, 1.82) is 0 Å². The minimum Gasteiger partial charge on any atom is -0.497 e. The van der Waals surface area contributed by atoms with Crippen molar-refractivity contribution in [3.63, 3.8) is 0 Å². The molecule has 1 unspecified atom stereocenters. The number of carbonyl (C=O) groups excluding carboxylic acids is 2. The molecule has 53 heavy (non-hydrogen) atoms. The number of allylic oxidation sites excluding steroid dienone is 1. The molecule has 10 heteroatoms. The smallest absolute Gasteiger partial charge is 0.330 e. The summed E-state index contributed by atoms with van der Waals surface area (Å²) < 4.78 is 48.6. The minimum absolute atomic E-state index is 0.188. The van der Waals surface area contributed by atoms with Gasteiger partial charge in [-0.15, -0.1) is 6.58 Å². The number of ether oxygens (including phenoxy) is 8. The number of rotatable bonds is 22. The summed E-state index contributed by atoms with van der Waals surface area (Å²) >= 11 is 0. The van der Waals surface area contributed by atoms with E-state index in [1.165, 1.54) is 20.3 Å². The van der Waals surface area contributed by atoms with Gasteiger partial charge in [0.15, 0.2) is 6.10 Å². The van der Waals surface area contributed by atoms with Crippen LogP contribution < -0.4 is 4.74 Å². The number of unbranched alkanes of at least 4 members (excludes halogenated alkanes) is 2. The van der Waals surface area contributed by atoms with Gasteiger partial charge in [-0.25, -0.2) is 4.79 Å². The molecule has 1 aliphatic heterocycles. The number of hydrogen-bond donors (Lipinski definition) is 0. The highest BCUT2D eigenvalue weighted by molar-refractivity contribution is 5.83. The highest BCUT2D eigenvalue weighted by atomic mass is 16.7. The lowest BCUT2D eigenvalue weighted by atomic mass is 9.74. The summed E-state index contributed by atoms with van der Waals surface area (Å²) in [6.45, 7) is 12.3. The van der Waals surface area contributed by atoms with Crippen LogP contribution in [0.4, 0.5) is 0 Å². The van der Waals surface area contributed by atoms with Crippen LogP contribution in [0.1, 0.15) is 77.3 Å². The molecule has 3 rings (SSSR count). The third-order valence-corrected chi connectivity index (χ3v) is 9.63. The van der Waals surface area contributed by atoms with Gasteiger partial charge >= 0.3 is 11.9 Å². The Balaban J connectivity index is 2.04. The zero-order valence-electron chi connectivity index (χ0n) is 32.8. The van der Waals surface area contributed by atoms with Crippen LogP contribution in [0.5, 0.6) is 5.75 Å². The summed E-state index contributed by atoms with van der Waals surface area (Å²) in [5.74, 6) is -1.81. The second-order valence-electron chi connectivity index (χ2n) is 13.9. The fraction of sp³-hybridized carbons (Fsp3) is 0.535. The van der Waals surface area contributed by atoms with Gasteiger partial charge in [-0.2, -0.15) is 0 Å². The van der Waals surface area contributed by atoms with E-state index in [2.05, 4.69) is 6.58 Å². The van der Waals surface area contributed by atoms with Crippen molar-refractivity contribution < 1.29 is 47.5 Å². The van der Waals surface area contributed by atoms with Crippen LogP contribution in [-0.2, 0) is 56.0 Å². The van der Waals surface area contributed by atoms with Crippen LogP contribution >= 0.6 is 0 Å². The number of carbonyl (C=O) groups is 2. The van der Waals surface area contributed by atoms with Gasteiger partial charge in [0, 0.05) is 38.6 Å². The van der Waals surface area contributed by atoms with E-state index in [4.69, 9.17) is 37.9 Å². The van der Waals surface area contributed by atoms with Crippen LogP contribution in [0.2, 0.25) is 0 Å². The molecule has 1 fully saturated rings. The highest BCUT2D eigenvalue weighted by Crippen LogP contribution is 2.49. The van der Waals surface area contributed by atoms with Gasteiger partial charge in [0.25, 0.3) is 0 Å². The molecular formula is C43H60O10. The molecule has 0 aliphatic carbocycles. The van der Waals surface area contributed by atoms with Crippen molar-refractivity contribution in [2.24, 2.45) is 5.41 Å². The maximum absolute atomic E-state index is 13.4. The van der Waals surface area contributed by atoms with E-state index in [0.29, 0.717) is 31.6 Å². The molecule has 2 aromatic rings. The minimum atomic E-state index is -1.56. The largest absolute Gasteiger partial charge is 0.497 e. The van der Waals surface area contributed by atoms with Crippen LogP contribution in [0, 0.1) is 5.41 Å². The molecule has 0 bridgehead atoms. The molecule has 0 aromatic heterocycles. The fourth-order valence-electron chi connectivity index (χ4n) is 6.31. The molecule has 0 radical (unpaired) electrons. The second kappa shape index (κ2) is 21.8. The first-order valence-electron chi connectivity index (χ1n) is 18.4. The Morgan fingerprint density at radius 3 is 2.26 bits per heavy atom. The Bertz CT molecular complexity index is 1470. The van der Waals surface area contributed by atoms with Gasteiger partial charge < -0.3 is 37.9 Å². The molecule has 292 valence electrons. The quantitative estimate of drug-likeness (QED) is 0.0510. The van der Waals surface area contributed by atoms with E-state index in [0.717, 1.165) is 29.7 Å². The Kier molecular flexibility index (Phi) is 17.9. The number of hydrogen-bond acceptors (Lipinski definition) is 10. The zero-order valence-corrected chi connectivity index (χ0v) is 32.8. The van der Waals surface area contributed by atoms with Crippen molar-refractivity contribution in [2.75, 3.05) is 28.4 Å². The van der Waals surface area contributed by atoms with Crippen molar-refractivity contribution in [3.8, 4) is 5.75 Å². The van der Waals surface area contributed by atoms with E-state index in [9.17, 15) is 9.59 Å². The molecule has 10 nitrogen and oxygen atoms in total. The van der Waals surface area contributed by atoms with Gasteiger partial charge in [0.05, 0.1) is 51.8 Å². The van der Waals surface area contributed by atoms with Crippen LogP contribution in [0.15, 0.2) is 91.1 Å². The highest BCUT2D eigenvalue weighted by Gasteiger charge is 2.59. The standard InChI is InChI=1S/C43H60O10/c1-10-11-12-16-19-39(44)52-41-35(27-40(45)48-8)26-37(53-43(41,49-9)42(4,5)25-24-31(2)46-6)28-38(32(3)50-29-33-17-14-13-15-18-33)51-30-34-20-22-36(47-7)23-21-34/h10,13-15,17-18,20-25,27,31-32,37-38,41H,1,11-12,16,19,26,28-30H2,2-9H3/b25-24+,35-27+/t31?,32-,37+,38-,41+,43-/m1/s1. The molecule has 0 amide bonds. The Morgan fingerprint density at radius 1 is 0.962 bits per heavy atom. The molecule has 6 atom stereocenters. The van der Waals surface area contributed by atoms with Crippen molar-refractivity contribution in [2.45, 2.75) is 116 Å². The third-order valence-electron chi connectivity index (χ3n) is 9.63. The fourth-order valence-corrected chi connectivity index (χ4v) is 6.31. The first-order valence-corrected chi connectivity index (χ1v) is 18.4. The lowest BCUT2D eigenvalue weighted by Crippen LogP contribution is -2.63. The number of esters is 2. The molecule has 0 saturated carbocycles. The lowest BCUT2D eigenvalue weighted by Gasteiger charge is -2.53. The van der Waals surface area contributed by atoms with E-state index < -0.39 is 41.5 Å². The summed E-state index contributed by atoms with van der Waals surface area (Å²) in [6, 6.07) is 17.7. The molecule has 1 heterocycles. The summed E-state index contributed by atoms with van der Waals surface area (Å²) in [5, 5.41) is 0. The summed E-state index contributed by atoms with van der Waals surface area (Å²) in [5.41, 5.74) is 1.61. The van der Waals surface area contributed by atoms with Gasteiger partial charge in [0.2, 0.25) is 5.79 Å². The Hall–Kier alpha value is -3.80. The average Bonchev–Trinajstić information content (AvgIpc) is 3.17. The maximum Gasteiger partial charge on any atom is 0.330 e. The van der Waals surface area contributed by atoms with E-state index in [1.807, 2.05) is 101 Å². The van der Waals surface area contributed by atoms with Gasteiger partial charge in [-0.1, -0.05) is 74.5 Å². The normalized spacial score (nSPS) is 21.5. The lowest BCUT2D eigenvalue weighted by molar-refractivity contribution is -0.339. The Labute approximate surface area is 316 Å². The van der Waals surface area contributed by atoms with Crippen LogP contribution in [0.25, 0.3) is 0 Å². The van der Waals surface area contributed by atoms with Gasteiger partial charge in [-0.3, -0.25) is 4.79 Å². The first-order chi connectivity index (χ1) is 25.4. The summed E-state index contributed by atoms with van der Waals surface area (Å²) in [7, 11) is 6.10. The van der Waals surface area contributed by atoms with Crippen molar-refractivity contribution >= 4 is 11.9 Å². The van der Waals surface area contributed by atoms with E-state index in [-0.39, 0.29) is 25.0 Å². The number of methoxy groups -OCH3 is 4. The zero-order chi connectivity index (χ0) is 38.9. The first kappa shape index (κ1) is 43.6. The van der Waals surface area contributed by atoms with Crippen molar-refractivity contribution in [1.82, 2.24) is 0 Å². The van der Waals surface area contributed by atoms with Crippen LogP contribution in [-0.4, -0.2) is 76.7 Å². The Morgan fingerprint density at radius 2 is 1.64 bits per heavy atom. The molecule has 0 N–H and O–H groups in total. The SMILES string of the molecule is C=CCCCCC(=O)O[C@H]1/C(=C/C(=O)OC)C[C@@H](C[C@@H](OCc2ccc(OC)cc2)[C@@H](C)OCc2ccccc2)O[C@@]1(OC)C(C)(C)/C=C/C(C)OC. The predicted octanol–water partition coefficient (Wildman–Crippen LogP) is 8.08. The topological polar surface area (TPSA) is 108 Å². The molecule has 1 aliphatic rings. The second-order valence-corrected chi connectivity index (χ2v) is 13.9. The summed E-state index contributed by atoms with van der Waals surface area (Å²) in [4.78, 5) is 26.3. The predicted molar refractivity (Wildman–Crippen MR) is 204 cm³/mol. The van der Waals surface area contributed by atoms with Crippen molar-refractivity contribution in [3.05, 3.63) is 102 Å². The third kappa shape index (κ3) is 12.9. The average molecular weight is 737 g/mol. The number of benzene rings is 2. The summed E-state index contributed by atoms with van der Waals surface area (Å²) in [6.07, 6.45) is 7.44. The van der Waals surface area contributed by atoms with E-state index >= 15 is 0 Å². The molecule has 2 aromatic carbocycles. The monoisotopic (exact) mass is 736 g/mol. The van der Waals surface area contributed by atoms with Crippen LogP contribution in [0.3, 0.4) is 0 Å². The molecule has 1 saturated heterocycles. The van der Waals surface area contributed by atoms with E-state index in [1.54, 1.807) is 14.2 Å². The van der Waals surface area contributed by atoms with Gasteiger partial charge in [-0.05, 0) is 68.4 Å². The molecule has 0 spiro atoms. The maximum atomic E-state index is 13.4.